The van der Waals surface area contributed by atoms with E-state index in [4.69, 9.17) is 10.6 Å². The number of anilines is 2. The van der Waals surface area contributed by atoms with Gasteiger partial charge in [0.15, 0.2) is 5.82 Å². The second-order valence-electron chi connectivity index (χ2n) is 3.55. The highest BCUT2D eigenvalue weighted by Gasteiger charge is 2.07. The van der Waals surface area contributed by atoms with Gasteiger partial charge >= 0.3 is 0 Å². The summed E-state index contributed by atoms with van der Waals surface area (Å²) in [6.07, 6.45) is 1.71. The fourth-order valence-corrected chi connectivity index (χ4v) is 1.73. The highest BCUT2D eigenvalue weighted by molar-refractivity contribution is 9.10. The van der Waals surface area contributed by atoms with E-state index in [0.29, 0.717) is 42.2 Å². The predicted molar refractivity (Wildman–Crippen MR) is 75.5 cm³/mol. The van der Waals surface area contributed by atoms with Crippen LogP contribution in [-0.2, 0) is 9.53 Å². The molecule has 1 amide bonds. The van der Waals surface area contributed by atoms with Crippen LogP contribution in [0, 0.1) is 0 Å². The molecule has 0 spiro atoms. The summed E-state index contributed by atoms with van der Waals surface area (Å²) in [4.78, 5) is 19.4. The molecule has 1 heterocycles. The predicted octanol–water partition coefficient (Wildman–Crippen LogP) is 0.0893. The molecule has 5 N–H and O–H groups in total. The number of nitrogen functional groups attached to an aromatic ring is 1. The topological polar surface area (TPSA) is 114 Å². The second kappa shape index (κ2) is 8.62. The van der Waals surface area contributed by atoms with Gasteiger partial charge in [-0.1, -0.05) is 0 Å². The van der Waals surface area contributed by atoms with E-state index in [1.165, 1.54) is 6.33 Å². The first kappa shape index (κ1) is 15.6. The Morgan fingerprint density at radius 1 is 1.42 bits per heavy atom. The third-order valence-corrected chi connectivity index (χ3v) is 2.95. The molecule has 19 heavy (non-hydrogen) atoms. The van der Waals surface area contributed by atoms with Gasteiger partial charge in [-0.05, 0) is 15.9 Å². The molecule has 0 unspecified atom stereocenters. The number of nitrogens with zero attached hydrogens (tertiary/aromatic N) is 2. The Morgan fingerprint density at radius 3 is 2.84 bits per heavy atom. The third-order valence-electron chi connectivity index (χ3n) is 2.20. The van der Waals surface area contributed by atoms with Crippen molar-refractivity contribution in [2.75, 3.05) is 37.5 Å². The van der Waals surface area contributed by atoms with Crippen molar-refractivity contribution in [1.82, 2.24) is 15.3 Å². The van der Waals surface area contributed by atoms with Gasteiger partial charge in [0.2, 0.25) is 5.91 Å². The maximum Gasteiger partial charge on any atom is 0.221 e. The molecule has 0 saturated carbocycles. The van der Waals surface area contributed by atoms with Gasteiger partial charge in [0, 0.05) is 26.6 Å². The highest BCUT2D eigenvalue weighted by Crippen LogP contribution is 2.25. The number of ether oxygens (including phenoxy) is 1. The second-order valence-corrected chi connectivity index (χ2v) is 4.34. The summed E-state index contributed by atoms with van der Waals surface area (Å²) in [5.41, 5.74) is 2.44. The van der Waals surface area contributed by atoms with E-state index in [1.54, 1.807) is 7.11 Å². The van der Waals surface area contributed by atoms with E-state index in [9.17, 15) is 4.79 Å². The van der Waals surface area contributed by atoms with Gasteiger partial charge in [-0.25, -0.2) is 15.8 Å². The van der Waals surface area contributed by atoms with E-state index < -0.39 is 0 Å². The lowest BCUT2D eigenvalue weighted by atomic mass is 10.4. The molecule has 0 bridgehead atoms. The minimum absolute atomic E-state index is 0.0492. The maximum absolute atomic E-state index is 11.4. The van der Waals surface area contributed by atoms with Crippen LogP contribution in [0.15, 0.2) is 10.8 Å². The molecule has 1 aromatic heterocycles. The number of nitrogens with two attached hydrogens (primary N) is 1. The molecular weight excluding hydrogens is 316 g/mol. The summed E-state index contributed by atoms with van der Waals surface area (Å²) in [6.45, 7) is 1.47. The van der Waals surface area contributed by atoms with Crippen molar-refractivity contribution < 1.29 is 9.53 Å². The Bertz CT molecular complexity index is 417. The SMILES string of the molecule is COCCNC(=O)CCNc1ncnc(NN)c1Br. The van der Waals surface area contributed by atoms with Gasteiger partial charge in [-0.2, -0.15) is 0 Å². The number of hydrazine groups is 1. The molecule has 1 rings (SSSR count). The first-order valence-electron chi connectivity index (χ1n) is 5.65. The Kier molecular flexibility index (Phi) is 7.08. The molecule has 1 aromatic rings. The molecule has 8 nitrogen and oxygen atoms in total. The summed E-state index contributed by atoms with van der Waals surface area (Å²) in [7, 11) is 1.59. The van der Waals surface area contributed by atoms with Crippen molar-refractivity contribution >= 4 is 33.5 Å². The summed E-state index contributed by atoms with van der Waals surface area (Å²) >= 11 is 3.31. The van der Waals surface area contributed by atoms with Gasteiger partial charge in [0.1, 0.15) is 16.6 Å². The van der Waals surface area contributed by atoms with Crippen LogP contribution in [0.3, 0.4) is 0 Å². The molecule has 0 aromatic carbocycles. The van der Waals surface area contributed by atoms with Crippen LogP contribution >= 0.6 is 15.9 Å². The fraction of sp³-hybridized carbons (Fsp3) is 0.500. The number of carbonyl (C=O) groups is 1. The van der Waals surface area contributed by atoms with E-state index >= 15 is 0 Å². The molecule has 0 aliphatic heterocycles. The Balaban J connectivity index is 2.35. The first-order valence-corrected chi connectivity index (χ1v) is 6.45. The standard InChI is InChI=1S/C10H17BrN6O2/c1-19-5-4-13-7(18)2-3-14-9-8(11)10(17-12)16-6-15-9/h6H,2-5,12H2,1H3,(H,13,18)(H2,14,15,16,17). The lowest BCUT2D eigenvalue weighted by Gasteiger charge is -2.09. The van der Waals surface area contributed by atoms with Crippen LogP contribution in [0.5, 0.6) is 0 Å². The van der Waals surface area contributed by atoms with Crippen LogP contribution in [0.2, 0.25) is 0 Å². The molecular formula is C10H17BrN6O2. The lowest BCUT2D eigenvalue weighted by Crippen LogP contribution is -2.28. The Morgan fingerprint density at radius 2 is 2.16 bits per heavy atom. The molecule has 0 atom stereocenters. The number of aromatic nitrogens is 2. The highest BCUT2D eigenvalue weighted by atomic mass is 79.9. The number of amides is 1. The van der Waals surface area contributed by atoms with Crippen molar-refractivity contribution in [3.63, 3.8) is 0 Å². The first-order chi connectivity index (χ1) is 9.19. The molecule has 0 aliphatic rings. The van der Waals surface area contributed by atoms with E-state index in [0.717, 1.165) is 0 Å². The average Bonchev–Trinajstić information content (AvgIpc) is 2.41. The third kappa shape index (κ3) is 5.37. The van der Waals surface area contributed by atoms with Crippen molar-refractivity contribution in [2.24, 2.45) is 5.84 Å². The Hall–Kier alpha value is -1.45. The molecule has 0 radical (unpaired) electrons. The number of hydrogen-bond acceptors (Lipinski definition) is 7. The summed E-state index contributed by atoms with van der Waals surface area (Å²) < 4.78 is 5.46. The van der Waals surface area contributed by atoms with Crippen LogP contribution in [0.25, 0.3) is 0 Å². The molecule has 0 saturated heterocycles. The van der Waals surface area contributed by atoms with Gasteiger partial charge in [-0.15, -0.1) is 0 Å². The fourth-order valence-electron chi connectivity index (χ4n) is 1.27. The zero-order valence-electron chi connectivity index (χ0n) is 10.6. The zero-order valence-corrected chi connectivity index (χ0v) is 12.2. The van der Waals surface area contributed by atoms with Crippen molar-refractivity contribution in [2.45, 2.75) is 6.42 Å². The molecule has 0 aliphatic carbocycles. The normalized spacial score (nSPS) is 10.1. The van der Waals surface area contributed by atoms with Gasteiger partial charge in [0.25, 0.3) is 0 Å². The van der Waals surface area contributed by atoms with Gasteiger partial charge in [-0.3, -0.25) is 4.79 Å². The molecule has 9 heteroatoms. The monoisotopic (exact) mass is 332 g/mol. The smallest absolute Gasteiger partial charge is 0.221 e. The van der Waals surface area contributed by atoms with Crippen LogP contribution < -0.4 is 21.9 Å². The van der Waals surface area contributed by atoms with Crippen LogP contribution in [0.1, 0.15) is 6.42 Å². The Labute approximate surface area is 119 Å². The minimum Gasteiger partial charge on any atom is -0.383 e. The maximum atomic E-state index is 11.4. The van der Waals surface area contributed by atoms with Crippen LogP contribution in [0.4, 0.5) is 11.6 Å². The molecule has 106 valence electrons. The number of hydrogen-bond donors (Lipinski definition) is 4. The van der Waals surface area contributed by atoms with E-state index in [-0.39, 0.29) is 5.91 Å². The van der Waals surface area contributed by atoms with Crippen molar-refractivity contribution in [3.8, 4) is 0 Å². The lowest BCUT2D eigenvalue weighted by molar-refractivity contribution is -0.121. The largest absolute Gasteiger partial charge is 0.383 e. The number of halogens is 1. The number of rotatable bonds is 8. The van der Waals surface area contributed by atoms with Gasteiger partial charge in [0.05, 0.1) is 6.61 Å². The number of methoxy groups -OCH3 is 1. The van der Waals surface area contributed by atoms with Crippen molar-refractivity contribution in [1.29, 1.82) is 0 Å². The van der Waals surface area contributed by atoms with Gasteiger partial charge < -0.3 is 20.8 Å². The van der Waals surface area contributed by atoms with Crippen LogP contribution in [-0.4, -0.2) is 42.7 Å². The minimum atomic E-state index is -0.0492. The quantitative estimate of drug-likeness (QED) is 0.303. The summed E-state index contributed by atoms with van der Waals surface area (Å²) in [6, 6.07) is 0. The summed E-state index contributed by atoms with van der Waals surface area (Å²) in [5, 5.41) is 5.75. The van der Waals surface area contributed by atoms with Crippen molar-refractivity contribution in [3.05, 3.63) is 10.8 Å². The molecule has 0 fully saturated rings. The van der Waals surface area contributed by atoms with E-state index in [1.807, 2.05) is 0 Å². The number of nitrogens with one attached hydrogen (secondary N) is 3. The summed E-state index contributed by atoms with van der Waals surface area (Å²) in [5.74, 6) is 6.29. The number of carbonyl (C=O) groups excluding carboxylic acids is 1. The average molecular weight is 333 g/mol. The zero-order chi connectivity index (χ0) is 14.1. The van der Waals surface area contributed by atoms with E-state index in [2.05, 4.69) is 42.0 Å².